The molecular weight excluding hydrogens is 404 g/mol. The van der Waals surface area contributed by atoms with Crippen molar-refractivity contribution >= 4 is 11.8 Å². The second kappa shape index (κ2) is 19.4. The van der Waals surface area contributed by atoms with Gasteiger partial charge in [0, 0.05) is 19.0 Å². The number of hydrogen-bond donors (Lipinski definition) is 2. The van der Waals surface area contributed by atoms with Gasteiger partial charge in [-0.3, -0.25) is 9.59 Å². The van der Waals surface area contributed by atoms with Crippen molar-refractivity contribution in [3.63, 3.8) is 0 Å². The van der Waals surface area contributed by atoms with Crippen molar-refractivity contribution in [2.24, 2.45) is 11.3 Å². The first-order valence-corrected chi connectivity index (χ1v) is 11.2. The molecule has 0 bridgehead atoms. The third-order valence-corrected chi connectivity index (χ3v) is 4.51. The maximum atomic E-state index is 11.7. The lowest BCUT2D eigenvalue weighted by molar-refractivity contribution is -0.126. The van der Waals surface area contributed by atoms with Gasteiger partial charge in [0.2, 0.25) is 11.8 Å². The fraction of sp³-hybridized carbons (Fsp3) is 0.909. The van der Waals surface area contributed by atoms with Crippen LogP contribution < -0.4 is 10.6 Å². The molecule has 0 aliphatic carbocycles. The highest BCUT2D eigenvalue weighted by atomic mass is 16.6. The second-order valence-electron chi connectivity index (χ2n) is 8.24. The summed E-state index contributed by atoms with van der Waals surface area (Å²) in [5.74, 6) is -0.0838. The molecule has 0 rings (SSSR count). The van der Waals surface area contributed by atoms with Crippen LogP contribution >= 0.6 is 0 Å². The fourth-order valence-electron chi connectivity index (χ4n) is 2.01. The number of carbonyl (C=O) groups excluding carboxylic acids is 2. The Labute approximate surface area is 187 Å². The topological polar surface area (TPSA) is 104 Å². The van der Waals surface area contributed by atoms with Gasteiger partial charge in [-0.1, -0.05) is 34.6 Å². The summed E-state index contributed by atoms with van der Waals surface area (Å²) in [5, 5.41) is 5.66. The first kappa shape index (κ1) is 29.7. The molecule has 0 fully saturated rings. The Bertz CT molecular complexity index is 459. The van der Waals surface area contributed by atoms with Gasteiger partial charge < -0.3 is 34.3 Å². The number of nitrogens with one attached hydrogen (secondary N) is 2. The van der Waals surface area contributed by atoms with Crippen LogP contribution in [0.2, 0.25) is 0 Å². The molecule has 0 saturated carbocycles. The van der Waals surface area contributed by atoms with Gasteiger partial charge in [-0.15, -0.1) is 0 Å². The zero-order chi connectivity index (χ0) is 23.4. The van der Waals surface area contributed by atoms with E-state index in [1.54, 1.807) is 0 Å². The molecule has 0 aromatic carbocycles. The van der Waals surface area contributed by atoms with Gasteiger partial charge in [-0.25, -0.2) is 0 Å². The monoisotopic (exact) mass is 448 g/mol. The molecule has 0 aromatic rings. The van der Waals surface area contributed by atoms with Gasteiger partial charge in [-0.05, 0) is 11.8 Å². The zero-order valence-electron chi connectivity index (χ0n) is 20.1. The zero-order valence-corrected chi connectivity index (χ0v) is 20.1. The van der Waals surface area contributed by atoms with Gasteiger partial charge in [-0.2, -0.15) is 0 Å². The van der Waals surface area contributed by atoms with E-state index in [1.807, 2.05) is 13.8 Å². The number of hydrogen-bond acceptors (Lipinski definition) is 7. The quantitative estimate of drug-likeness (QED) is 0.256. The summed E-state index contributed by atoms with van der Waals surface area (Å²) in [7, 11) is 0. The highest BCUT2D eigenvalue weighted by Gasteiger charge is 2.15. The van der Waals surface area contributed by atoms with E-state index in [0.717, 1.165) is 6.42 Å². The smallest absolute Gasteiger partial charge is 0.246 e. The minimum atomic E-state index is -0.104. The number of rotatable bonds is 21. The summed E-state index contributed by atoms with van der Waals surface area (Å²) in [6, 6.07) is 0. The van der Waals surface area contributed by atoms with Crippen LogP contribution in [0.3, 0.4) is 0 Å². The Morgan fingerprint density at radius 2 is 1.19 bits per heavy atom. The molecule has 9 nitrogen and oxygen atoms in total. The Morgan fingerprint density at radius 3 is 1.65 bits per heavy atom. The summed E-state index contributed by atoms with van der Waals surface area (Å²) in [4.78, 5) is 23.0. The largest absolute Gasteiger partial charge is 0.377 e. The average Bonchev–Trinajstić information content (AvgIpc) is 2.74. The average molecular weight is 449 g/mol. The highest BCUT2D eigenvalue weighted by Crippen LogP contribution is 2.17. The van der Waals surface area contributed by atoms with Crippen LogP contribution in [0.5, 0.6) is 0 Å². The third kappa shape index (κ3) is 20.4. The molecule has 0 heterocycles. The molecule has 184 valence electrons. The first-order valence-electron chi connectivity index (χ1n) is 11.2. The summed E-state index contributed by atoms with van der Waals surface area (Å²) in [5.41, 5.74) is 0.102. The lowest BCUT2D eigenvalue weighted by Gasteiger charge is -2.22. The van der Waals surface area contributed by atoms with Gasteiger partial charge in [0.25, 0.3) is 0 Å². The molecule has 0 aliphatic heterocycles. The number of amides is 2. The van der Waals surface area contributed by atoms with E-state index >= 15 is 0 Å². The van der Waals surface area contributed by atoms with Crippen molar-refractivity contribution < 1.29 is 33.3 Å². The Balaban J connectivity index is 3.23. The molecule has 0 spiro atoms. The van der Waals surface area contributed by atoms with Crippen molar-refractivity contribution in [2.75, 3.05) is 79.2 Å². The molecule has 0 aliphatic rings. The molecule has 0 atom stereocenters. The minimum Gasteiger partial charge on any atom is -0.377 e. The van der Waals surface area contributed by atoms with E-state index in [2.05, 4.69) is 31.4 Å². The van der Waals surface area contributed by atoms with Gasteiger partial charge >= 0.3 is 0 Å². The Morgan fingerprint density at radius 1 is 0.742 bits per heavy atom. The highest BCUT2D eigenvalue weighted by molar-refractivity contribution is 5.77. The van der Waals surface area contributed by atoms with Crippen LogP contribution in [0.1, 0.15) is 41.0 Å². The number of ether oxygens (including phenoxy) is 5. The lowest BCUT2D eigenvalue weighted by Crippen LogP contribution is -2.36. The van der Waals surface area contributed by atoms with Crippen molar-refractivity contribution in [3.8, 4) is 0 Å². The summed E-state index contributed by atoms with van der Waals surface area (Å²) in [6.45, 7) is 15.4. The number of carbonyl (C=O) groups is 2. The summed E-state index contributed by atoms with van der Waals surface area (Å²) in [6.07, 6.45) is 1.01. The molecule has 9 heteroatoms. The van der Waals surface area contributed by atoms with E-state index in [0.29, 0.717) is 72.6 Å². The van der Waals surface area contributed by atoms with Crippen molar-refractivity contribution in [1.82, 2.24) is 10.6 Å². The second-order valence-corrected chi connectivity index (χ2v) is 8.24. The van der Waals surface area contributed by atoms with Crippen LogP contribution in [-0.2, 0) is 33.3 Å². The molecule has 0 unspecified atom stereocenters. The SMILES string of the molecule is CCC(C)(C)CNC(=O)COCCOCCOCCOCCOCCNC(=O)C(C)C. The minimum absolute atomic E-state index is 0.0107. The van der Waals surface area contributed by atoms with E-state index in [4.69, 9.17) is 23.7 Å². The van der Waals surface area contributed by atoms with Crippen molar-refractivity contribution in [2.45, 2.75) is 41.0 Å². The normalized spacial score (nSPS) is 11.7. The van der Waals surface area contributed by atoms with Gasteiger partial charge in [0.1, 0.15) is 6.61 Å². The van der Waals surface area contributed by atoms with Crippen molar-refractivity contribution in [3.05, 3.63) is 0 Å². The van der Waals surface area contributed by atoms with E-state index in [1.165, 1.54) is 0 Å². The predicted octanol–water partition coefficient (Wildman–Crippen LogP) is 1.39. The van der Waals surface area contributed by atoms with Crippen LogP contribution in [-0.4, -0.2) is 91.0 Å². The summed E-state index contributed by atoms with van der Waals surface area (Å²) < 4.78 is 26.8. The molecule has 0 saturated heterocycles. The maximum Gasteiger partial charge on any atom is 0.246 e. The lowest BCUT2D eigenvalue weighted by atomic mass is 9.90. The van der Waals surface area contributed by atoms with Crippen LogP contribution in [0.15, 0.2) is 0 Å². The molecule has 0 radical (unpaired) electrons. The summed E-state index contributed by atoms with van der Waals surface area (Å²) >= 11 is 0. The predicted molar refractivity (Wildman–Crippen MR) is 119 cm³/mol. The van der Waals surface area contributed by atoms with Gasteiger partial charge in [0.15, 0.2) is 0 Å². The van der Waals surface area contributed by atoms with E-state index < -0.39 is 0 Å². The molecule has 0 aromatic heterocycles. The molecule has 2 amide bonds. The van der Waals surface area contributed by atoms with Crippen LogP contribution in [0.25, 0.3) is 0 Å². The van der Waals surface area contributed by atoms with Crippen LogP contribution in [0.4, 0.5) is 0 Å². The molecular formula is C22H44N2O7. The van der Waals surface area contributed by atoms with E-state index in [-0.39, 0.29) is 29.8 Å². The van der Waals surface area contributed by atoms with Crippen molar-refractivity contribution in [1.29, 1.82) is 0 Å². The Kier molecular flexibility index (Phi) is 18.6. The van der Waals surface area contributed by atoms with Crippen LogP contribution in [0, 0.1) is 11.3 Å². The third-order valence-electron chi connectivity index (χ3n) is 4.51. The Hall–Kier alpha value is -1.26. The van der Waals surface area contributed by atoms with Gasteiger partial charge in [0.05, 0.1) is 59.5 Å². The van der Waals surface area contributed by atoms with E-state index in [9.17, 15) is 9.59 Å². The maximum absolute atomic E-state index is 11.7. The first-order chi connectivity index (χ1) is 14.8. The fourth-order valence-corrected chi connectivity index (χ4v) is 2.01. The standard InChI is InChI=1S/C22H44N2O7/c1-6-22(4,5)18-24-20(25)17-31-16-15-30-14-13-29-12-11-28-10-9-27-8-7-23-21(26)19(2)3/h19H,6-18H2,1-5H3,(H,23,26)(H,24,25). The molecule has 2 N–H and O–H groups in total. The molecule has 31 heavy (non-hydrogen) atoms.